The van der Waals surface area contributed by atoms with Crippen molar-refractivity contribution in [2.45, 2.75) is 36.9 Å². The van der Waals surface area contributed by atoms with Crippen molar-refractivity contribution < 1.29 is 28.2 Å². The van der Waals surface area contributed by atoms with E-state index in [1.54, 1.807) is 7.05 Å². The van der Waals surface area contributed by atoms with Gasteiger partial charge in [0.15, 0.2) is 17.4 Å². The third-order valence-corrected chi connectivity index (χ3v) is 6.72. The van der Waals surface area contributed by atoms with Gasteiger partial charge in [-0.2, -0.15) is 5.10 Å². The molecular weight excluding hydrogens is 505 g/mol. The number of nitrogens with one attached hydrogen (secondary N) is 2. The van der Waals surface area contributed by atoms with Gasteiger partial charge < -0.3 is 25.3 Å². The summed E-state index contributed by atoms with van der Waals surface area (Å²) in [5.41, 5.74) is 1.39. The number of hydrogen-bond acceptors (Lipinski definition) is 6. The van der Waals surface area contributed by atoms with Crippen molar-refractivity contribution in [1.82, 2.24) is 20.4 Å². The van der Waals surface area contributed by atoms with E-state index >= 15 is 0 Å². The van der Waals surface area contributed by atoms with E-state index in [1.807, 2.05) is 0 Å². The fourth-order valence-corrected chi connectivity index (χ4v) is 4.93. The zero-order chi connectivity index (χ0) is 25.3. The molecule has 1 aliphatic heterocycles. The SMILES string of the molecule is Cn1ncc(Cl)c1-c1cc(C(=O)N[C@@H]2CN[C@H](CC(O)CO)C[C@H]2c2ccc(F)c(F)c2)oc1Cl. The number of piperidine rings is 1. The van der Waals surface area contributed by atoms with Crippen molar-refractivity contribution in [2.24, 2.45) is 7.05 Å². The summed E-state index contributed by atoms with van der Waals surface area (Å²) in [7, 11) is 1.68. The molecule has 1 amide bonds. The van der Waals surface area contributed by atoms with Gasteiger partial charge in [-0.05, 0) is 42.1 Å². The van der Waals surface area contributed by atoms with E-state index in [4.69, 9.17) is 27.6 Å². The average Bonchev–Trinajstić information content (AvgIpc) is 3.37. The Balaban J connectivity index is 1.57. The van der Waals surface area contributed by atoms with Crippen LogP contribution in [0, 0.1) is 11.6 Å². The molecular formula is C23H24Cl2F2N4O4. The highest BCUT2D eigenvalue weighted by Crippen LogP contribution is 2.36. The predicted molar refractivity (Wildman–Crippen MR) is 125 cm³/mol. The summed E-state index contributed by atoms with van der Waals surface area (Å²) >= 11 is 12.4. The van der Waals surface area contributed by atoms with Crippen LogP contribution in [0.25, 0.3) is 11.3 Å². The van der Waals surface area contributed by atoms with Gasteiger partial charge >= 0.3 is 0 Å². The van der Waals surface area contributed by atoms with Crippen molar-refractivity contribution in [3.8, 4) is 11.3 Å². The standard InChI is InChI=1S/C23H24Cl2F2N4O4/c1-31-21(16(24)8-29-31)15-7-20(35-22(15)25)23(34)30-19-9-28-12(5-13(33)10-32)6-14(19)11-2-3-17(26)18(27)4-11/h2-4,7-8,12-14,19,28,32-33H,5-6,9-10H2,1H3,(H,30,34)/t12-,13?,14+,19-/m1/s1. The maximum atomic E-state index is 14.0. The number of rotatable bonds is 7. The second-order valence-corrected chi connectivity index (χ2v) is 9.29. The van der Waals surface area contributed by atoms with Crippen LogP contribution < -0.4 is 10.6 Å². The molecule has 3 heterocycles. The second kappa shape index (κ2) is 10.6. The number of aryl methyl sites for hydroxylation is 1. The minimum absolute atomic E-state index is 0.0300. The number of aliphatic hydroxyl groups is 2. The molecule has 0 bridgehead atoms. The van der Waals surface area contributed by atoms with Gasteiger partial charge in [0, 0.05) is 37.7 Å². The van der Waals surface area contributed by atoms with Gasteiger partial charge in [0.1, 0.15) is 0 Å². The molecule has 0 saturated carbocycles. The van der Waals surface area contributed by atoms with Crippen molar-refractivity contribution >= 4 is 29.1 Å². The maximum Gasteiger partial charge on any atom is 0.287 e. The van der Waals surface area contributed by atoms with Gasteiger partial charge in [-0.3, -0.25) is 9.48 Å². The number of benzene rings is 1. The van der Waals surface area contributed by atoms with Gasteiger partial charge in [0.05, 0.1) is 35.2 Å². The minimum atomic E-state index is -0.992. The second-order valence-electron chi connectivity index (χ2n) is 8.54. The highest BCUT2D eigenvalue weighted by molar-refractivity contribution is 6.35. The molecule has 1 saturated heterocycles. The van der Waals surface area contributed by atoms with Crippen LogP contribution in [-0.2, 0) is 7.05 Å². The van der Waals surface area contributed by atoms with E-state index < -0.39 is 42.2 Å². The van der Waals surface area contributed by atoms with Gasteiger partial charge in [0.25, 0.3) is 5.91 Å². The molecule has 3 aromatic rings. The quantitative estimate of drug-likeness (QED) is 0.374. The van der Waals surface area contributed by atoms with Crippen molar-refractivity contribution in [3.63, 3.8) is 0 Å². The number of halogens is 4. The Kier molecular flexibility index (Phi) is 7.77. The van der Waals surface area contributed by atoms with Gasteiger partial charge in [-0.25, -0.2) is 8.78 Å². The number of carbonyl (C=O) groups is 1. The largest absolute Gasteiger partial charge is 0.439 e. The van der Waals surface area contributed by atoms with E-state index in [9.17, 15) is 23.8 Å². The summed E-state index contributed by atoms with van der Waals surface area (Å²) in [6, 6.07) is 4.36. The van der Waals surface area contributed by atoms with Crippen LogP contribution in [0.4, 0.5) is 8.78 Å². The van der Waals surface area contributed by atoms with Crippen LogP contribution in [0.2, 0.25) is 10.2 Å². The lowest BCUT2D eigenvalue weighted by molar-refractivity contribution is 0.0714. The van der Waals surface area contributed by atoms with Gasteiger partial charge in [-0.1, -0.05) is 17.7 Å². The Morgan fingerprint density at radius 3 is 2.77 bits per heavy atom. The summed E-state index contributed by atoms with van der Waals surface area (Å²) in [5.74, 6) is -2.97. The highest BCUT2D eigenvalue weighted by atomic mass is 35.5. The van der Waals surface area contributed by atoms with Crippen LogP contribution in [0.1, 0.15) is 34.9 Å². The molecule has 188 valence electrons. The van der Waals surface area contributed by atoms with E-state index in [-0.39, 0.29) is 30.0 Å². The highest BCUT2D eigenvalue weighted by Gasteiger charge is 2.34. The van der Waals surface area contributed by atoms with Gasteiger partial charge in [0.2, 0.25) is 5.22 Å². The first-order valence-corrected chi connectivity index (χ1v) is 11.7. The lowest BCUT2D eigenvalue weighted by Gasteiger charge is -2.38. The lowest BCUT2D eigenvalue weighted by atomic mass is 9.81. The predicted octanol–water partition coefficient (Wildman–Crippen LogP) is 3.25. The molecule has 8 nitrogen and oxygen atoms in total. The van der Waals surface area contributed by atoms with Crippen molar-refractivity contribution in [2.75, 3.05) is 13.2 Å². The summed E-state index contributed by atoms with van der Waals surface area (Å²) < 4.78 is 34.5. The zero-order valence-corrected chi connectivity index (χ0v) is 20.2. The van der Waals surface area contributed by atoms with Gasteiger partial charge in [-0.15, -0.1) is 0 Å². The Hall–Kier alpha value is -2.50. The first-order chi connectivity index (χ1) is 16.7. The zero-order valence-electron chi connectivity index (χ0n) is 18.6. The minimum Gasteiger partial charge on any atom is -0.439 e. The molecule has 0 spiro atoms. The van der Waals surface area contributed by atoms with E-state index in [1.165, 1.54) is 23.0 Å². The fourth-order valence-electron chi connectivity index (χ4n) is 4.43. The summed E-state index contributed by atoms with van der Waals surface area (Å²) in [4.78, 5) is 13.1. The smallest absolute Gasteiger partial charge is 0.287 e. The number of hydrogen-bond donors (Lipinski definition) is 4. The average molecular weight is 529 g/mol. The van der Waals surface area contributed by atoms with Crippen LogP contribution in [0.3, 0.4) is 0 Å². The Morgan fingerprint density at radius 1 is 1.34 bits per heavy atom. The fraction of sp³-hybridized carbons (Fsp3) is 0.391. The number of aromatic nitrogens is 2. The number of furan rings is 1. The van der Waals surface area contributed by atoms with E-state index in [2.05, 4.69) is 15.7 Å². The number of nitrogens with zero attached hydrogens (tertiary/aromatic N) is 2. The van der Waals surface area contributed by atoms with Crippen molar-refractivity contribution in [3.05, 3.63) is 63.7 Å². The third kappa shape index (κ3) is 5.52. The number of carbonyl (C=O) groups excluding carboxylic acids is 1. The first kappa shape index (κ1) is 25.6. The van der Waals surface area contributed by atoms with Crippen LogP contribution >= 0.6 is 23.2 Å². The molecule has 0 radical (unpaired) electrons. The monoisotopic (exact) mass is 528 g/mol. The summed E-state index contributed by atoms with van der Waals surface area (Å²) in [6.07, 6.45) is 1.19. The Labute approximate surface area is 209 Å². The number of aliphatic hydroxyl groups excluding tert-OH is 2. The third-order valence-electron chi connectivity index (χ3n) is 6.17. The van der Waals surface area contributed by atoms with Crippen molar-refractivity contribution in [1.29, 1.82) is 0 Å². The lowest BCUT2D eigenvalue weighted by Crippen LogP contribution is -2.54. The van der Waals surface area contributed by atoms with Crippen LogP contribution in [0.15, 0.2) is 34.9 Å². The molecule has 35 heavy (non-hydrogen) atoms. The molecule has 2 aromatic heterocycles. The Bertz CT molecular complexity index is 1200. The molecule has 12 heteroatoms. The molecule has 1 unspecified atom stereocenters. The normalized spacial score (nSPS) is 21.2. The van der Waals surface area contributed by atoms with Crippen LogP contribution in [-0.4, -0.2) is 57.2 Å². The van der Waals surface area contributed by atoms with Crippen LogP contribution in [0.5, 0.6) is 0 Å². The topological polar surface area (TPSA) is 113 Å². The molecule has 0 aliphatic carbocycles. The molecule has 4 N–H and O–H groups in total. The summed E-state index contributed by atoms with van der Waals surface area (Å²) in [5, 5.41) is 29.5. The molecule has 1 fully saturated rings. The number of amides is 1. The molecule has 1 aliphatic rings. The molecule has 4 rings (SSSR count). The van der Waals surface area contributed by atoms with E-state index in [0.717, 1.165) is 12.1 Å². The first-order valence-electron chi connectivity index (χ1n) is 10.9. The molecule has 1 aromatic carbocycles. The summed E-state index contributed by atoms with van der Waals surface area (Å²) in [6.45, 7) is -0.108. The Morgan fingerprint density at radius 2 is 2.11 bits per heavy atom. The van der Waals surface area contributed by atoms with E-state index in [0.29, 0.717) is 28.3 Å². The molecule has 4 atom stereocenters. The maximum absolute atomic E-state index is 14.0.